The van der Waals surface area contributed by atoms with Gasteiger partial charge in [0.25, 0.3) is 5.91 Å². The van der Waals surface area contributed by atoms with Crippen molar-refractivity contribution in [3.05, 3.63) is 89.5 Å². The molecule has 0 bridgehead atoms. The van der Waals surface area contributed by atoms with E-state index in [1.54, 1.807) is 13.3 Å². The van der Waals surface area contributed by atoms with Crippen molar-refractivity contribution in [3.63, 3.8) is 0 Å². The van der Waals surface area contributed by atoms with Crippen LogP contribution < -0.4 is 19.6 Å². The maximum Gasteiger partial charge on any atom is 0.277 e. The number of hydrazone groups is 1. The van der Waals surface area contributed by atoms with Crippen LogP contribution in [0.5, 0.6) is 17.2 Å². The van der Waals surface area contributed by atoms with Gasteiger partial charge in [-0.15, -0.1) is 0 Å². The lowest BCUT2D eigenvalue weighted by Crippen LogP contribution is -2.24. The second kappa shape index (κ2) is 13.7. The van der Waals surface area contributed by atoms with Gasteiger partial charge in [0.15, 0.2) is 6.61 Å². The first-order valence-corrected chi connectivity index (χ1v) is 11.6. The smallest absolute Gasteiger partial charge is 0.277 e. The number of nitrogens with one attached hydrogen (secondary N) is 1. The predicted octanol–water partition coefficient (Wildman–Crippen LogP) is 5.54. The van der Waals surface area contributed by atoms with Gasteiger partial charge in [-0.05, 0) is 60.4 Å². The third kappa shape index (κ3) is 8.28. The molecular weight excluding hydrogens is 428 g/mol. The summed E-state index contributed by atoms with van der Waals surface area (Å²) in [5.74, 6) is 1.77. The van der Waals surface area contributed by atoms with Gasteiger partial charge in [-0.1, -0.05) is 56.2 Å². The molecule has 0 radical (unpaired) electrons. The van der Waals surface area contributed by atoms with Crippen LogP contribution in [0.4, 0.5) is 0 Å². The Labute approximate surface area is 201 Å². The zero-order valence-corrected chi connectivity index (χ0v) is 19.8. The quantitative estimate of drug-likeness (QED) is 0.207. The standard InChI is InChI=1S/C28H32N2O4/c1-3-4-5-9-22-14-16-25(17-15-22)33-21-28(31)30-29-19-24-11-6-7-13-27(24)34-20-23-10-8-12-26(18-23)32-2/h6-8,10-19H,3-5,9,20-21H2,1-2H3,(H,30,31)/b29-19-. The number of aryl methyl sites for hydroxylation is 1. The number of ether oxygens (including phenoxy) is 3. The SMILES string of the molecule is CCCCCc1ccc(OCC(=O)N/N=C\c2ccccc2OCc2cccc(OC)c2)cc1. The molecule has 0 aliphatic carbocycles. The number of hydrogen-bond donors (Lipinski definition) is 1. The monoisotopic (exact) mass is 460 g/mol. The van der Waals surface area contributed by atoms with Gasteiger partial charge >= 0.3 is 0 Å². The Balaban J connectivity index is 1.46. The van der Waals surface area contributed by atoms with E-state index < -0.39 is 0 Å². The Morgan fingerprint density at radius 1 is 0.912 bits per heavy atom. The molecule has 0 spiro atoms. The molecule has 6 nitrogen and oxygen atoms in total. The van der Waals surface area contributed by atoms with E-state index in [1.807, 2.05) is 72.8 Å². The van der Waals surface area contributed by atoms with Crippen LogP contribution >= 0.6 is 0 Å². The molecular formula is C28H32N2O4. The molecule has 6 heteroatoms. The summed E-state index contributed by atoms with van der Waals surface area (Å²) in [6.07, 6.45) is 6.25. The molecule has 178 valence electrons. The highest BCUT2D eigenvalue weighted by atomic mass is 16.5. The summed E-state index contributed by atoms with van der Waals surface area (Å²) in [4.78, 5) is 12.1. The highest BCUT2D eigenvalue weighted by Gasteiger charge is 2.05. The molecule has 0 aliphatic rings. The maximum atomic E-state index is 12.1. The van der Waals surface area contributed by atoms with Crippen LogP contribution in [0.2, 0.25) is 0 Å². The van der Waals surface area contributed by atoms with Gasteiger partial charge in [-0.3, -0.25) is 4.79 Å². The number of rotatable bonds is 13. The van der Waals surface area contributed by atoms with Crippen LogP contribution in [0.3, 0.4) is 0 Å². The molecule has 0 atom stereocenters. The number of methoxy groups -OCH3 is 1. The number of unbranched alkanes of at least 4 members (excludes halogenated alkanes) is 2. The first-order valence-electron chi connectivity index (χ1n) is 11.6. The van der Waals surface area contributed by atoms with Gasteiger partial charge in [-0.2, -0.15) is 5.10 Å². The normalized spacial score (nSPS) is 10.8. The minimum atomic E-state index is -0.335. The van der Waals surface area contributed by atoms with Gasteiger partial charge < -0.3 is 14.2 Å². The topological polar surface area (TPSA) is 69.2 Å². The molecule has 3 rings (SSSR count). The molecule has 0 heterocycles. The van der Waals surface area contributed by atoms with Crippen molar-refractivity contribution in [3.8, 4) is 17.2 Å². The lowest BCUT2D eigenvalue weighted by molar-refractivity contribution is -0.123. The van der Waals surface area contributed by atoms with Crippen molar-refractivity contribution in [1.82, 2.24) is 5.43 Å². The van der Waals surface area contributed by atoms with Gasteiger partial charge in [-0.25, -0.2) is 5.43 Å². The maximum absolute atomic E-state index is 12.1. The average molecular weight is 461 g/mol. The van der Waals surface area contributed by atoms with E-state index in [0.717, 1.165) is 23.3 Å². The summed E-state index contributed by atoms with van der Waals surface area (Å²) in [5, 5.41) is 4.05. The third-order valence-electron chi connectivity index (χ3n) is 5.20. The fraction of sp³-hybridized carbons (Fsp3) is 0.286. The van der Waals surface area contributed by atoms with Gasteiger partial charge in [0.2, 0.25) is 0 Å². The minimum Gasteiger partial charge on any atom is -0.497 e. The highest BCUT2D eigenvalue weighted by molar-refractivity contribution is 5.85. The Bertz CT molecular complexity index is 1060. The van der Waals surface area contributed by atoms with E-state index in [4.69, 9.17) is 14.2 Å². The summed E-state index contributed by atoms with van der Waals surface area (Å²) >= 11 is 0. The molecule has 3 aromatic rings. The van der Waals surface area contributed by atoms with Crippen LogP contribution in [0.15, 0.2) is 77.9 Å². The van der Waals surface area contributed by atoms with Crippen LogP contribution in [0, 0.1) is 0 Å². The number of amides is 1. The van der Waals surface area contributed by atoms with Crippen molar-refractivity contribution >= 4 is 12.1 Å². The van der Waals surface area contributed by atoms with Gasteiger partial charge in [0.05, 0.1) is 13.3 Å². The molecule has 3 aromatic carbocycles. The zero-order chi connectivity index (χ0) is 24.0. The van der Waals surface area contributed by atoms with Crippen molar-refractivity contribution in [2.75, 3.05) is 13.7 Å². The summed E-state index contributed by atoms with van der Waals surface area (Å²) in [5.41, 5.74) is 5.52. The third-order valence-corrected chi connectivity index (χ3v) is 5.20. The number of para-hydroxylation sites is 1. The summed E-state index contributed by atoms with van der Waals surface area (Å²) in [7, 11) is 1.64. The Kier molecular flexibility index (Phi) is 9.99. The first kappa shape index (κ1) is 24.8. The van der Waals surface area contributed by atoms with Crippen molar-refractivity contribution in [2.45, 2.75) is 39.2 Å². The number of nitrogens with zero attached hydrogens (tertiary/aromatic N) is 1. The van der Waals surface area contributed by atoms with Crippen LogP contribution in [-0.4, -0.2) is 25.8 Å². The predicted molar refractivity (Wildman–Crippen MR) is 135 cm³/mol. The molecule has 34 heavy (non-hydrogen) atoms. The van der Waals surface area contributed by atoms with Crippen molar-refractivity contribution in [1.29, 1.82) is 0 Å². The van der Waals surface area contributed by atoms with Gasteiger partial charge in [0.1, 0.15) is 23.9 Å². The molecule has 1 amide bonds. The molecule has 0 saturated carbocycles. The number of hydrogen-bond acceptors (Lipinski definition) is 5. The average Bonchev–Trinajstić information content (AvgIpc) is 2.88. The molecule has 0 unspecified atom stereocenters. The summed E-state index contributed by atoms with van der Waals surface area (Å²) in [6.45, 7) is 2.47. The van der Waals surface area contributed by atoms with E-state index in [1.165, 1.54) is 24.8 Å². The van der Waals surface area contributed by atoms with Gasteiger partial charge in [0, 0.05) is 5.56 Å². The van der Waals surface area contributed by atoms with E-state index >= 15 is 0 Å². The molecule has 0 aromatic heterocycles. The fourth-order valence-corrected chi connectivity index (χ4v) is 3.33. The lowest BCUT2D eigenvalue weighted by Gasteiger charge is -2.10. The second-order valence-electron chi connectivity index (χ2n) is 7.86. The van der Waals surface area contributed by atoms with E-state index in [-0.39, 0.29) is 12.5 Å². The lowest BCUT2D eigenvalue weighted by atomic mass is 10.1. The van der Waals surface area contributed by atoms with Crippen LogP contribution in [0.1, 0.15) is 42.9 Å². The Morgan fingerprint density at radius 3 is 2.53 bits per heavy atom. The number of carbonyl (C=O) groups is 1. The Morgan fingerprint density at radius 2 is 1.74 bits per heavy atom. The second-order valence-corrected chi connectivity index (χ2v) is 7.86. The number of carbonyl (C=O) groups excluding carboxylic acids is 1. The van der Waals surface area contributed by atoms with E-state index in [9.17, 15) is 4.79 Å². The summed E-state index contributed by atoms with van der Waals surface area (Å²) < 4.78 is 16.8. The van der Waals surface area contributed by atoms with E-state index in [2.05, 4.69) is 17.5 Å². The molecule has 0 saturated heterocycles. The fourth-order valence-electron chi connectivity index (χ4n) is 3.33. The largest absolute Gasteiger partial charge is 0.497 e. The minimum absolute atomic E-state index is 0.111. The first-order chi connectivity index (χ1) is 16.7. The zero-order valence-electron chi connectivity index (χ0n) is 19.8. The number of benzene rings is 3. The van der Waals surface area contributed by atoms with Crippen molar-refractivity contribution < 1.29 is 19.0 Å². The Hall–Kier alpha value is -3.80. The molecule has 1 N–H and O–H groups in total. The molecule has 0 fully saturated rings. The van der Waals surface area contributed by atoms with Crippen molar-refractivity contribution in [2.24, 2.45) is 5.10 Å². The highest BCUT2D eigenvalue weighted by Crippen LogP contribution is 2.19. The molecule has 0 aliphatic heterocycles. The van der Waals surface area contributed by atoms with Crippen LogP contribution in [-0.2, 0) is 17.8 Å². The van der Waals surface area contributed by atoms with E-state index in [0.29, 0.717) is 18.1 Å². The summed E-state index contributed by atoms with van der Waals surface area (Å²) in [6, 6.07) is 23.1. The van der Waals surface area contributed by atoms with Crippen LogP contribution in [0.25, 0.3) is 0 Å².